The van der Waals surface area contributed by atoms with E-state index in [1.165, 1.54) is 23.5 Å². The lowest BCUT2D eigenvalue weighted by Gasteiger charge is -2.10. The van der Waals surface area contributed by atoms with Crippen LogP contribution in [0.15, 0.2) is 62.6 Å². The van der Waals surface area contributed by atoms with Gasteiger partial charge in [0.1, 0.15) is 21.2 Å². The highest BCUT2D eigenvalue weighted by atomic mass is 79.9. The maximum atomic E-state index is 12.8. The molecule has 0 aliphatic carbocycles. The Kier molecular flexibility index (Phi) is 6.96. The number of hydrogen-bond acceptors (Lipinski definition) is 7. The lowest BCUT2D eigenvalue weighted by atomic mass is 10.1. The molecule has 1 amide bonds. The standard InChI is InChI=1S/C23H15BrCl2N4O3S3/c1-12-27-16-4-5-17(23(31)29-36(32,33)21-9-7-19(24)35-21)28-22(16)30(12)11-14-3-2-13(10-15(14)25)18-6-8-20(26)34-18/h2-10H,11H2,1H3,(H,29,31). The van der Waals surface area contributed by atoms with E-state index in [4.69, 9.17) is 23.2 Å². The van der Waals surface area contributed by atoms with Crippen LogP contribution in [-0.2, 0) is 16.6 Å². The molecule has 1 aromatic carbocycles. The molecule has 7 nitrogen and oxygen atoms in total. The molecule has 184 valence electrons. The zero-order valence-electron chi connectivity index (χ0n) is 18.3. The summed E-state index contributed by atoms with van der Waals surface area (Å²) in [4.78, 5) is 22.7. The van der Waals surface area contributed by atoms with Crippen molar-refractivity contribution in [1.29, 1.82) is 0 Å². The van der Waals surface area contributed by atoms with Gasteiger partial charge in [-0.05, 0) is 76.4 Å². The normalized spacial score (nSPS) is 11.8. The summed E-state index contributed by atoms with van der Waals surface area (Å²) in [6.45, 7) is 2.20. The van der Waals surface area contributed by atoms with E-state index in [-0.39, 0.29) is 9.90 Å². The molecule has 5 aromatic rings. The number of amides is 1. The van der Waals surface area contributed by atoms with Gasteiger partial charge in [-0.1, -0.05) is 35.3 Å². The Bertz CT molecular complexity index is 1740. The highest BCUT2D eigenvalue weighted by molar-refractivity contribution is 9.11. The molecule has 4 aromatic heterocycles. The van der Waals surface area contributed by atoms with Crippen LogP contribution in [0, 0.1) is 6.92 Å². The van der Waals surface area contributed by atoms with Crippen molar-refractivity contribution in [3.8, 4) is 10.4 Å². The minimum Gasteiger partial charge on any atom is -0.308 e. The Morgan fingerprint density at radius 2 is 1.86 bits per heavy atom. The number of pyridine rings is 1. The molecule has 5 rings (SSSR count). The number of halogens is 3. The van der Waals surface area contributed by atoms with Gasteiger partial charge in [0.25, 0.3) is 15.9 Å². The number of benzene rings is 1. The maximum Gasteiger partial charge on any atom is 0.283 e. The molecular weight excluding hydrogens is 627 g/mol. The Morgan fingerprint density at radius 3 is 2.53 bits per heavy atom. The molecule has 0 unspecified atom stereocenters. The molecule has 13 heteroatoms. The van der Waals surface area contributed by atoms with Crippen LogP contribution in [0.3, 0.4) is 0 Å². The van der Waals surface area contributed by atoms with Crippen molar-refractivity contribution >= 4 is 88.9 Å². The molecule has 1 N–H and O–H groups in total. The van der Waals surface area contributed by atoms with Crippen LogP contribution in [0.1, 0.15) is 21.9 Å². The maximum absolute atomic E-state index is 12.8. The predicted molar refractivity (Wildman–Crippen MR) is 148 cm³/mol. The molecule has 0 saturated carbocycles. The lowest BCUT2D eigenvalue weighted by molar-refractivity contribution is 0.0977. The largest absolute Gasteiger partial charge is 0.308 e. The molecule has 0 aliphatic rings. The molecular formula is C23H15BrCl2N4O3S3. The first-order valence-electron chi connectivity index (χ1n) is 10.3. The number of carbonyl (C=O) groups excluding carboxylic acids is 1. The predicted octanol–water partition coefficient (Wildman–Crippen LogP) is 6.77. The molecule has 0 bridgehead atoms. The van der Waals surface area contributed by atoms with E-state index in [0.29, 0.717) is 36.7 Å². The second-order valence-corrected chi connectivity index (χ2v) is 14.2. The first-order chi connectivity index (χ1) is 17.1. The fraction of sp³-hybridized carbons (Fsp3) is 0.0870. The summed E-state index contributed by atoms with van der Waals surface area (Å²) in [6, 6.07) is 15.7. The monoisotopic (exact) mass is 640 g/mol. The highest BCUT2D eigenvalue weighted by Gasteiger charge is 2.22. The van der Waals surface area contributed by atoms with Crippen molar-refractivity contribution in [3.63, 3.8) is 0 Å². The molecule has 0 aliphatic heterocycles. The number of hydrogen-bond donors (Lipinski definition) is 1. The van der Waals surface area contributed by atoms with Crippen LogP contribution in [0.5, 0.6) is 0 Å². The van der Waals surface area contributed by atoms with Crippen molar-refractivity contribution in [2.45, 2.75) is 17.7 Å². The number of nitrogens with zero attached hydrogens (tertiary/aromatic N) is 3. The molecule has 36 heavy (non-hydrogen) atoms. The molecule has 0 saturated heterocycles. The van der Waals surface area contributed by atoms with Crippen molar-refractivity contribution in [2.75, 3.05) is 0 Å². The number of fused-ring (bicyclic) bond motifs is 1. The minimum absolute atomic E-state index is 0.0209. The first kappa shape index (κ1) is 25.4. The Hall–Kier alpha value is -2.28. The van der Waals surface area contributed by atoms with Crippen molar-refractivity contribution in [2.24, 2.45) is 0 Å². The topological polar surface area (TPSA) is 93.9 Å². The minimum atomic E-state index is -4.02. The molecule has 0 spiro atoms. The summed E-state index contributed by atoms with van der Waals surface area (Å²) in [6.07, 6.45) is 0. The van der Waals surface area contributed by atoms with Gasteiger partial charge in [0, 0.05) is 9.90 Å². The van der Waals surface area contributed by atoms with Gasteiger partial charge in [-0.2, -0.15) is 0 Å². The van der Waals surface area contributed by atoms with Gasteiger partial charge in [0.2, 0.25) is 0 Å². The number of rotatable bonds is 6. The third-order valence-electron chi connectivity index (χ3n) is 5.30. The van der Waals surface area contributed by atoms with Crippen molar-refractivity contribution in [1.82, 2.24) is 19.3 Å². The van der Waals surface area contributed by atoms with Crippen LogP contribution in [0.4, 0.5) is 0 Å². The van der Waals surface area contributed by atoms with Crippen LogP contribution in [0.2, 0.25) is 9.36 Å². The van der Waals surface area contributed by atoms with E-state index in [2.05, 4.69) is 30.6 Å². The van der Waals surface area contributed by atoms with Gasteiger partial charge in [-0.15, -0.1) is 22.7 Å². The van der Waals surface area contributed by atoms with Gasteiger partial charge >= 0.3 is 0 Å². The molecule has 0 fully saturated rings. The summed E-state index contributed by atoms with van der Waals surface area (Å²) in [7, 11) is -4.02. The van der Waals surface area contributed by atoms with Gasteiger partial charge < -0.3 is 4.57 Å². The fourth-order valence-electron chi connectivity index (χ4n) is 3.57. The summed E-state index contributed by atoms with van der Waals surface area (Å²) < 4.78 is 30.4. The van der Waals surface area contributed by atoms with Crippen LogP contribution in [-0.4, -0.2) is 28.9 Å². The number of aromatic nitrogens is 3. The third-order valence-corrected chi connectivity index (χ3v) is 10.4. The smallest absolute Gasteiger partial charge is 0.283 e. The van der Waals surface area contributed by atoms with Crippen molar-refractivity contribution < 1.29 is 13.2 Å². The number of aryl methyl sites for hydroxylation is 1. The van der Waals surface area contributed by atoms with Crippen LogP contribution in [0.25, 0.3) is 21.6 Å². The quantitative estimate of drug-likeness (QED) is 0.221. The van der Waals surface area contributed by atoms with Gasteiger partial charge in [-0.3, -0.25) is 4.79 Å². The van der Waals surface area contributed by atoms with E-state index in [1.807, 2.05) is 41.8 Å². The number of nitrogens with one attached hydrogen (secondary N) is 1. The van der Waals surface area contributed by atoms with Gasteiger partial charge in [0.15, 0.2) is 5.65 Å². The molecule has 0 atom stereocenters. The summed E-state index contributed by atoms with van der Waals surface area (Å²) in [5.74, 6) is -0.153. The van der Waals surface area contributed by atoms with Gasteiger partial charge in [0.05, 0.1) is 14.7 Å². The average molecular weight is 642 g/mol. The zero-order valence-corrected chi connectivity index (χ0v) is 23.9. The third kappa shape index (κ3) is 5.09. The first-order valence-corrected chi connectivity index (χ1v) is 15.0. The molecule has 0 radical (unpaired) electrons. The number of sulfonamides is 1. The van der Waals surface area contributed by atoms with E-state index in [9.17, 15) is 13.2 Å². The zero-order chi connectivity index (χ0) is 25.6. The Morgan fingerprint density at radius 1 is 1.06 bits per heavy atom. The van der Waals surface area contributed by atoms with E-state index in [1.54, 1.807) is 12.1 Å². The van der Waals surface area contributed by atoms with E-state index >= 15 is 0 Å². The number of carbonyl (C=O) groups is 1. The molecule has 4 heterocycles. The summed E-state index contributed by atoms with van der Waals surface area (Å²) in [5, 5.41) is 0.570. The Labute approximate surface area is 232 Å². The second kappa shape index (κ2) is 9.88. The fourth-order valence-corrected chi connectivity index (χ4v) is 7.82. The van der Waals surface area contributed by atoms with E-state index in [0.717, 1.165) is 27.3 Å². The van der Waals surface area contributed by atoms with Gasteiger partial charge in [-0.25, -0.2) is 23.1 Å². The average Bonchev–Trinajstić information content (AvgIpc) is 3.54. The summed E-state index contributed by atoms with van der Waals surface area (Å²) in [5.41, 5.74) is 2.78. The van der Waals surface area contributed by atoms with Crippen LogP contribution < -0.4 is 4.72 Å². The number of thiophene rings is 2. The highest BCUT2D eigenvalue weighted by Crippen LogP contribution is 2.34. The number of imidazole rings is 1. The lowest BCUT2D eigenvalue weighted by Crippen LogP contribution is -2.30. The van der Waals surface area contributed by atoms with Crippen LogP contribution >= 0.6 is 61.8 Å². The van der Waals surface area contributed by atoms with Crippen molar-refractivity contribution in [3.05, 3.63) is 84.8 Å². The second-order valence-electron chi connectivity index (χ2n) is 7.69. The SMILES string of the molecule is Cc1nc2ccc(C(=O)NS(=O)(=O)c3ccc(Br)s3)nc2n1Cc1ccc(-c2ccc(Cl)s2)cc1Cl. The Balaban J connectivity index is 1.44. The van der Waals surface area contributed by atoms with E-state index < -0.39 is 15.9 Å². The summed E-state index contributed by atoms with van der Waals surface area (Å²) >= 11 is 18.4.